The Bertz CT molecular complexity index is 1470. The first-order chi connectivity index (χ1) is 22.7. The lowest BCUT2D eigenvalue weighted by molar-refractivity contribution is -0.110. The Kier molecular flexibility index (Phi) is 19.7. The van der Waals surface area contributed by atoms with Crippen molar-refractivity contribution in [1.82, 2.24) is 0 Å². The first kappa shape index (κ1) is 43.1. The van der Waals surface area contributed by atoms with E-state index in [2.05, 4.69) is 10.6 Å². The van der Waals surface area contributed by atoms with Crippen LogP contribution in [0.5, 0.6) is 0 Å². The van der Waals surface area contributed by atoms with Gasteiger partial charge in [0.2, 0.25) is 10.2 Å². The first-order valence-electron chi connectivity index (χ1n) is 14.7. The zero-order valence-corrected chi connectivity index (χ0v) is 33.4. The van der Waals surface area contributed by atoms with Gasteiger partial charge in [-0.15, -0.1) is 57.3 Å². The molecule has 4 N–H and O–H groups in total. The summed E-state index contributed by atoms with van der Waals surface area (Å²) in [4.78, 5) is 28.2. The van der Waals surface area contributed by atoms with E-state index in [1.165, 1.54) is 0 Å². The summed E-state index contributed by atoms with van der Waals surface area (Å²) in [6, 6.07) is 7.67. The van der Waals surface area contributed by atoms with Gasteiger partial charge in [-0.05, 0) is 47.3 Å². The van der Waals surface area contributed by atoms with Crippen molar-refractivity contribution in [2.75, 3.05) is 69.7 Å². The van der Waals surface area contributed by atoms with Crippen LogP contribution < -0.4 is 10.6 Å². The van der Waals surface area contributed by atoms with Crippen LogP contribution in [0.15, 0.2) is 54.1 Å². The Morgan fingerprint density at radius 3 is 1.15 bits per heavy atom. The van der Waals surface area contributed by atoms with Gasteiger partial charge in [-0.2, -0.15) is 16.8 Å². The van der Waals surface area contributed by atoms with Gasteiger partial charge in [0.15, 0.2) is 0 Å². The third-order valence-electron chi connectivity index (χ3n) is 5.61. The fourth-order valence-corrected chi connectivity index (χ4v) is 10.2. The predicted molar refractivity (Wildman–Crippen MR) is 207 cm³/mol. The second kappa shape index (κ2) is 22.0. The SMILES string of the molecule is CCSc1cc(NCC(=O)SCCS(=O)(=O)O)cc(SCC)c1N=Nc1c(SCC)cc(NCC(=O)SCCS(=O)(=O)O)cc1SCC. The van der Waals surface area contributed by atoms with Gasteiger partial charge in [-0.25, -0.2) is 0 Å². The van der Waals surface area contributed by atoms with E-state index < -0.39 is 31.7 Å². The second-order valence-corrected chi connectivity index (χ2v) is 20.0. The molecule has 0 heterocycles. The van der Waals surface area contributed by atoms with Crippen LogP contribution in [0.25, 0.3) is 0 Å². The minimum absolute atomic E-state index is 0.0199. The number of nitrogens with one attached hydrogen (secondary N) is 2. The Hall–Kier alpha value is -1.10. The Balaban J connectivity index is 2.37. The highest BCUT2D eigenvalue weighted by Gasteiger charge is 2.17. The molecule has 48 heavy (non-hydrogen) atoms. The molecule has 0 fully saturated rings. The quantitative estimate of drug-likeness (QED) is 0.0514. The molecule has 0 bridgehead atoms. The molecular formula is C28H40N4O8S8. The molecule has 0 atom stereocenters. The maximum Gasteiger partial charge on any atom is 0.265 e. The molecule has 0 unspecified atom stereocenters. The van der Waals surface area contributed by atoms with E-state index in [9.17, 15) is 26.4 Å². The largest absolute Gasteiger partial charge is 0.377 e. The highest BCUT2D eigenvalue weighted by Crippen LogP contribution is 2.45. The Labute approximate surface area is 308 Å². The zero-order valence-electron chi connectivity index (χ0n) is 26.9. The molecule has 2 aromatic rings. The summed E-state index contributed by atoms with van der Waals surface area (Å²) in [5, 5.41) is 15.3. The van der Waals surface area contributed by atoms with Crippen molar-refractivity contribution in [3.8, 4) is 0 Å². The van der Waals surface area contributed by atoms with Gasteiger partial charge in [0, 0.05) is 42.5 Å². The smallest absolute Gasteiger partial charge is 0.265 e. The number of azo groups is 1. The van der Waals surface area contributed by atoms with E-state index in [0.717, 1.165) is 77.5 Å². The number of thioether (sulfide) groups is 6. The summed E-state index contributed by atoms with van der Waals surface area (Å²) in [5.41, 5.74) is 2.86. The molecule has 2 aromatic carbocycles. The Morgan fingerprint density at radius 1 is 0.604 bits per heavy atom. The zero-order chi connectivity index (χ0) is 35.7. The van der Waals surface area contributed by atoms with Gasteiger partial charge in [0.1, 0.15) is 11.4 Å². The molecule has 0 amide bonds. The van der Waals surface area contributed by atoms with E-state index in [1.807, 2.05) is 52.0 Å². The van der Waals surface area contributed by atoms with Crippen LogP contribution in [0.4, 0.5) is 22.7 Å². The number of nitrogens with zero attached hydrogens (tertiary/aromatic N) is 2. The van der Waals surface area contributed by atoms with Crippen molar-refractivity contribution >= 4 is 124 Å². The molecule has 0 aliphatic rings. The molecule has 0 aliphatic carbocycles. The van der Waals surface area contributed by atoms with Crippen molar-refractivity contribution in [2.45, 2.75) is 47.3 Å². The fourth-order valence-electron chi connectivity index (χ4n) is 3.70. The van der Waals surface area contributed by atoms with Crippen LogP contribution in [-0.4, -0.2) is 95.3 Å². The number of rotatable bonds is 22. The van der Waals surface area contributed by atoms with E-state index in [4.69, 9.17) is 19.3 Å². The van der Waals surface area contributed by atoms with Crippen molar-refractivity contribution in [3.63, 3.8) is 0 Å². The molecule has 0 aromatic heterocycles. The average Bonchev–Trinajstić information content (AvgIpc) is 2.99. The van der Waals surface area contributed by atoms with Crippen molar-refractivity contribution in [1.29, 1.82) is 0 Å². The summed E-state index contributed by atoms with van der Waals surface area (Å²) in [7, 11) is -8.25. The molecular weight excluding hydrogens is 777 g/mol. The summed E-state index contributed by atoms with van der Waals surface area (Å²) >= 11 is 8.07. The third-order valence-corrected chi connectivity index (χ3v) is 13.0. The van der Waals surface area contributed by atoms with E-state index in [0.29, 0.717) is 11.4 Å². The van der Waals surface area contributed by atoms with Crippen molar-refractivity contribution < 1.29 is 35.5 Å². The Morgan fingerprint density at radius 2 is 0.896 bits per heavy atom. The lowest BCUT2D eigenvalue weighted by atomic mass is 10.2. The van der Waals surface area contributed by atoms with Gasteiger partial charge < -0.3 is 10.6 Å². The molecule has 0 aliphatic heterocycles. The number of carbonyl (C=O) groups excluding carboxylic acids is 2. The molecule has 0 radical (unpaired) electrons. The first-order valence-corrected chi connectivity index (χ1v) is 23.8. The lowest BCUT2D eigenvalue weighted by Crippen LogP contribution is -2.13. The molecule has 0 saturated heterocycles. The van der Waals surface area contributed by atoms with Crippen LogP contribution in [0.3, 0.4) is 0 Å². The van der Waals surface area contributed by atoms with Crippen LogP contribution in [0.2, 0.25) is 0 Å². The normalized spacial score (nSPS) is 12.0. The summed E-state index contributed by atoms with van der Waals surface area (Å²) in [6.07, 6.45) is 0. The third kappa shape index (κ3) is 16.7. The number of carbonyl (C=O) groups is 2. The number of hydrogen-bond acceptors (Lipinski definition) is 16. The molecule has 2 rings (SSSR count). The van der Waals surface area contributed by atoms with Gasteiger partial charge in [0.05, 0.1) is 24.6 Å². The molecule has 12 nitrogen and oxygen atoms in total. The predicted octanol–water partition coefficient (Wildman–Crippen LogP) is 7.67. The molecule has 0 spiro atoms. The van der Waals surface area contributed by atoms with E-state index in [-0.39, 0.29) is 34.8 Å². The molecule has 20 heteroatoms. The summed E-state index contributed by atoms with van der Waals surface area (Å²) in [6.45, 7) is 8.08. The maximum atomic E-state index is 12.3. The molecule has 0 saturated carbocycles. The number of hydrogen-bond donors (Lipinski definition) is 4. The standard InChI is InChI=1S/C28H40N4O8S8/c1-5-41-21-13-19(29-17-25(33)45-9-11-47(35,36)37)14-22(42-6-2)27(21)31-32-28-23(43-7-3)15-20(16-24(28)44-8-4)30-18-26(34)46-10-12-48(38,39)40/h13-16,29-30H,5-12,17-18H2,1-4H3,(H,35,36,37)(H,38,39,40). The van der Waals surface area contributed by atoms with E-state index in [1.54, 1.807) is 47.0 Å². The lowest BCUT2D eigenvalue weighted by Gasteiger charge is -2.15. The van der Waals surface area contributed by atoms with Crippen LogP contribution in [0, 0.1) is 0 Å². The topological polar surface area (TPSA) is 192 Å². The highest BCUT2D eigenvalue weighted by molar-refractivity contribution is 8.14. The van der Waals surface area contributed by atoms with Gasteiger partial charge in [-0.3, -0.25) is 18.7 Å². The monoisotopic (exact) mass is 816 g/mol. The molecule has 268 valence electrons. The minimum atomic E-state index is -4.13. The average molecular weight is 817 g/mol. The van der Waals surface area contributed by atoms with Crippen molar-refractivity contribution in [3.05, 3.63) is 24.3 Å². The van der Waals surface area contributed by atoms with Crippen LogP contribution in [0.1, 0.15) is 27.7 Å². The van der Waals surface area contributed by atoms with Crippen LogP contribution in [-0.2, 0) is 29.8 Å². The van der Waals surface area contributed by atoms with Gasteiger partial charge >= 0.3 is 0 Å². The fraction of sp³-hybridized carbons (Fsp3) is 0.500. The second-order valence-electron chi connectivity index (χ2n) is 9.29. The highest BCUT2D eigenvalue weighted by atomic mass is 32.2. The summed E-state index contributed by atoms with van der Waals surface area (Å²) < 4.78 is 61.6. The minimum Gasteiger partial charge on any atom is -0.377 e. The number of benzene rings is 2. The van der Waals surface area contributed by atoms with Gasteiger partial charge in [0.25, 0.3) is 20.2 Å². The van der Waals surface area contributed by atoms with Gasteiger partial charge in [-0.1, -0.05) is 51.2 Å². The number of anilines is 2. The van der Waals surface area contributed by atoms with Crippen LogP contribution >= 0.6 is 70.6 Å². The maximum absolute atomic E-state index is 12.3. The summed E-state index contributed by atoms with van der Waals surface area (Å²) in [5.74, 6) is 2.04. The van der Waals surface area contributed by atoms with E-state index >= 15 is 0 Å². The van der Waals surface area contributed by atoms with Crippen molar-refractivity contribution in [2.24, 2.45) is 10.2 Å².